The van der Waals surface area contributed by atoms with Gasteiger partial charge in [0.25, 0.3) is 0 Å². The third kappa shape index (κ3) is 4.29. The van der Waals surface area contributed by atoms with Crippen molar-refractivity contribution >= 4 is 23.2 Å². The van der Waals surface area contributed by atoms with E-state index in [0.29, 0.717) is 19.0 Å². The first-order valence-electron chi connectivity index (χ1n) is 7.54. The topological polar surface area (TPSA) is 61.4 Å². The van der Waals surface area contributed by atoms with Crippen LogP contribution in [0.15, 0.2) is 24.3 Å². The number of anilines is 2. The molecule has 1 fully saturated rings. The van der Waals surface area contributed by atoms with E-state index in [1.807, 2.05) is 24.3 Å². The summed E-state index contributed by atoms with van der Waals surface area (Å²) in [5, 5.41) is 5.99. The lowest BCUT2D eigenvalue weighted by molar-refractivity contribution is -0.117. The molecule has 114 valence electrons. The Hall–Kier alpha value is -1.88. The van der Waals surface area contributed by atoms with E-state index in [9.17, 15) is 9.59 Å². The molecule has 1 aromatic carbocycles. The molecule has 1 unspecified atom stereocenters. The molecule has 0 spiro atoms. The van der Waals surface area contributed by atoms with E-state index in [2.05, 4.69) is 24.5 Å². The van der Waals surface area contributed by atoms with Gasteiger partial charge in [0.15, 0.2) is 0 Å². The van der Waals surface area contributed by atoms with Crippen molar-refractivity contribution in [3.63, 3.8) is 0 Å². The van der Waals surface area contributed by atoms with Gasteiger partial charge >= 0.3 is 0 Å². The summed E-state index contributed by atoms with van der Waals surface area (Å²) in [6.45, 7) is 5.22. The number of rotatable bonds is 6. The van der Waals surface area contributed by atoms with E-state index in [4.69, 9.17) is 0 Å². The molecule has 0 saturated carbocycles. The molecule has 1 heterocycles. The van der Waals surface area contributed by atoms with E-state index < -0.39 is 0 Å². The van der Waals surface area contributed by atoms with Gasteiger partial charge in [0.1, 0.15) is 0 Å². The number of carbonyl (C=O) groups is 2. The van der Waals surface area contributed by atoms with Crippen LogP contribution in [0.4, 0.5) is 11.4 Å². The van der Waals surface area contributed by atoms with Crippen LogP contribution in [0.25, 0.3) is 0 Å². The lowest BCUT2D eigenvalue weighted by Gasteiger charge is -2.16. The Labute approximate surface area is 125 Å². The van der Waals surface area contributed by atoms with Crippen LogP contribution in [0.3, 0.4) is 0 Å². The smallest absolute Gasteiger partial charge is 0.238 e. The van der Waals surface area contributed by atoms with E-state index >= 15 is 0 Å². The summed E-state index contributed by atoms with van der Waals surface area (Å²) in [5.41, 5.74) is 1.65. The zero-order valence-corrected chi connectivity index (χ0v) is 12.7. The number of nitrogens with one attached hydrogen (secondary N) is 2. The molecule has 2 rings (SSSR count). The molecule has 1 aliphatic heterocycles. The fourth-order valence-electron chi connectivity index (χ4n) is 2.26. The highest BCUT2D eigenvalue weighted by Crippen LogP contribution is 2.22. The summed E-state index contributed by atoms with van der Waals surface area (Å²) in [5.74, 6) is 0.116. The minimum atomic E-state index is -0.0553. The molecule has 0 radical (unpaired) electrons. The van der Waals surface area contributed by atoms with Gasteiger partial charge in [-0.1, -0.05) is 6.92 Å². The Balaban J connectivity index is 1.87. The van der Waals surface area contributed by atoms with Crippen LogP contribution in [0.1, 0.15) is 33.1 Å². The largest absolute Gasteiger partial charge is 0.325 e. The Morgan fingerprint density at radius 2 is 2.05 bits per heavy atom. The van der Waals surface area contributed by atoms with Gasteiger partial charge in [0, 0.05) is 30.4 Å². The molecular weight excluding hydrogens is 266 g/mol. The van der Waals surface area contributed by atoms with Gasteiger partial charge in [-0.15, -0.1) is 0 Å². The van der Waals surface area contributed by atoms with Crippen molar-refractivity contribution in [2.75, 3.05) is 23.3 Å². The predicted octanol–water partition coefficient (Wildman–Crippen LogP) is 2.14. The van der Waals surface area contributed by atoms with Crippen molar-refractivity contribution in [3.05, 3.63) is 24.3 Å². The summed E-state index contributed by atoms with van der Waals surface area (Å²) in [6, 6.07) is 7.76. The molecule has 0 bridgehead atoms. The van der Waals surface area contributed by atoms with Gasteiger partial charge in [0.2, 0.25) is 11.8 Å². The lowest BCUT2D eigenvalue weighted by Crippen LogP contribution is -2.33. The van der Waals surface area contributed by atoms with Gasteiger partial charge in [0.05, 0.1) is 6.54 Å². The summed E-state index contributed by atoms with van der Waals surface area (Å²) in [6.07, 6.45) is 2.53. The maximum Gasteiger partial charge on any atom is 0.238 e. The van der Waals surface area contributed by atoms with Crippen molar-refractivity contribution in [2.45, 2.75) is 39.2 Å². The molecule has 0 aromatic heterocycles. The summed E-state index contributed by atoms with van der Waals surface area (Å²) >= 11 is 0. The van der Waals surface area contributed by atoms with E-state index in [-0.39, 0.29) is 11.8 Å². The fraction of sp³-hybridized carbons (Fsp3) is 0.500. The Morgan fingerprint density at radius 1 is 1.33 bits per heavy atom. The lowest BCUT2D eigenvalue weighted by atomic mass is 10.2. The molecule has 21 heavy (non-hydrogen) atoms. The zero-order valence-electron chi connectivity index (χ0n) is 12.7. The fourth-order valence-corrected chi connectivity index (χ4v) is 2.26. The molecule has 1 atom stereocenters. The third-order valence-electron chi connectivity index (χ3n) is 3.76. The van der Waals surface area contributed by atoms with Crippen LogP contribution in [-0.4, -0.2) is 30.9 Å². The number of hydrogen-bond donors (Lipinski definition) is 2. The molecule has 1 aliphatic rings. The van der Waals surface area contributed by atoms with Gasteiger partial charge < -0.3 is 15.5 Å². The zero-order chi connectivity index (χ0) is 15.2. The molecular formula is C16H23N3O2. The van der Waals surface area contributed by atoms with Crippen LogP contribution in [0, 0.1) is 0 Å². The van der Waals surface area contributed by atoms with Crippen molar-refractivity contribution in [1.29, 1.82) is 0 Å². The molecule has 2 amide bonds. The Morgan fingerprint density at radius 3 is 2.62 bits per heavy atom. The number of benzene rings is 1. The molecule has 5 heteroatoms. The monoisotopic (exact) mass is 289 g/mol. The Kier molecular flexibility index (Phi) is 5.33. The van der Waals surface area contributed by atoms with Crippen molar-refractivity contribution in [2.24, 2.45) is 0 Å². The Bertz CT molecular complexity index is 499. The van der Waals surface area contributed by atoms with Crippen LogP contribution in [0.2, 0.25) is 0 Å². The van der Waals surface area contributed by atoms with Crippen LogP contribution in [-0.2, 0) is 9.59 Å². The first-order valence-corrected chi connectivity index (χ1v) is 7.54. The van der Waals surface area contributed by atoms with Crippen molar-refractivity contribution < 1.29 is 9.59 Å². The second-order valence-corrected chi connectivity index (χ2v) is 5.43. The van der Waals surface area contributed by atoms with E-state index in [0.717, 1.165) is 30.8 Å². The number of amides is 2. The number of hydrogen-bond acceptors (Lipinski definition) is 3. The predicted molar refractivity (Wildman–Crippen MR) is 84.4 cm³/mol. The second-order valence-electron chi connectivity index (χ2n) is 5.43. The van der Waals surface area contributed by atoms with Crippen LogP contribution < -0.4 is 15.5 Å². The second kappa shape index (κ2) is 7.22. The molecule has 1 saturated heterocycles. The average Bonchev–Trinajstić information content (AvgIpc) is 2.91. The van der Waals surface area contributed by atoms with Crippen molar-refractivity contribution in [3.8, 4) is 0 Å². The third-order valence-corrected chi connectivity index (χ3v) is 3.76. The molecule has 1 aromatic rings. The highest BCUT2D eigenvalue weighted by Gasteiger charge is 2.21. The van der Waals surface area contributed by atoms with Crippen LogP contribution >= 0.6 is 0 Å². The minimum absolute atomic E-state index is 0.0553. The maximum atomic E-state index is 11.8. The van der Waals surface area contributed by atoms with Gasteiger partial charge in [-0.2, -0.15) is 0 Å². The molecule has 5 nitrogen and oxygen atoms in total. The summed E-state index contributed by atoms with van der Waals surface area (Å²) in [4.78, 5) is 25.2. The first-order chi connectivity index (χ1) is 10.1. The van der Waals surface area contributed by atoms with Gasteiger partial charge in [-0.3, -0.25) is 9.59 Å². The molecule has 2 N–H and O–H groups in total. The first kappa shape index (κ1) is 15.5. The standard InChI is InChI=1S/C16H23N3O2/c1-3-12(2)17-11-15(20)18-13-6-8-14(9-7-13)19-10-4-5-16(19)21/h6-9,12,17H,3-5,10-11H2,1-2H3,(H,18,20). The van der Waals surface area contributed by atoms with Gasteiger partial charge in [-0.05, 0) is 44.0 Å². The number of carbonyl (C=O) groups excluding carboxylic acids is 2. The number of nitrogens with zero attached hydrogens (tertiary/aromatic N) is 1. The quantitative estimate of drug-likeness (QED) is 0.843. The highest BCUT2D eigenvalue weighted by molar-refractivity contribution is 5.96. The van der Waals surface area contributed by atoms with E-state index in [1.165, 1.54) is 0 Å². The molecule has 0 aliphatic carbocycles. The average molecular weight is 289 g/mol. The maximum absolute atomic E-state index is 11.8. The minimum Gasteiger partial charge on any atom is -0.325 e. The van der Waals surface area contributed by atoms with Crippen LogP contribution in [0.5, 0.6) is 0 Å². The summed E-state index contributed by atoms with van der Waals surface area (Å²) < 4.78 is 0. The SMILES string of the molecule is CCC(C)NCC(=O)Nc1ccc(N2CCCC2=O)cc1. The van der Waals surface area contributed by atoms with Gasteiger partial charge in [-0.25, -0.2) is 0 Å². The van der Waals surface area contributed by atoms with Crippen molar-refractivity contribution in [1.82, 2.24) is 5.32 Å². The normalized spacial score (nSPS) is 16.1. The van der Waals surface area contributed by atoms with E-state index in [1.54, 1.807) is 4.90 Å². The highest BCUT2D eigenvalue weighted by atomic mass is 16.2. The summed E-state index contributed by atoms with van der Waals surface area (Å²) in [7, 11) is 0.